The highest BCUT2D eigenvalue weighted by atomic mass is 35.5. The molecular weight excluding hydrogens is 568 g/mol. The minimum Gasteiger partial charge on any atom is -0.454 e. The van der Waals surface area contributed by atoms with Crippen LogP contribution >= 0.6 is 23.4 Å². The van der Waals surface area contributed by atoms with Crippen LogP contribution in [0.15, 0.2) is 41.3 Å². The molecule has 2 amide bonds. The van der Waals surface area contributed by atoms with Gasteiger partial charge in [-0.1, -0.05) is 11.6 Å². The number of ether oxygens (including phenoxy) is 2. The third-order valence-corrected chi connectivity index (χ3v) is 8.87. The first-order valence-corrected chi connectivity index (χ1v) is 14.5. The Balaban J connectivity index is 1.28. The van der Waals surface area contributed by atoms with Gasteiger partial charge in [-0.2, -0.15) is 0 Å². The van der Waals surface area contributed by atoms with E-state index in [9.17, 15) is 19.7 Å². The Morgan fingerprint density at radius 2 is 1.78 bits per heavy atom. The van der Waals surface area contributed by atoms with Crippen LogP contribution in [0.1, 0.15) is 41.8 Å². The monoisotopic (exact) mass is 594 g/mol. The van der Waals surface area contributed by atoms with E-state index in [2.05, 4.69) is 4.90 Å². The molecule has 12 heteroatoms. The minimum absolute atomic E-state index is 0.00351. The fraction of sp³-hybridized carbons (Fsp3) is 0.310. The van der Waals surface area contributed by atoms with Gasteiger partial charge in [0.05, 0.1) is 22.1 Å². The van der Waals surface area contributed by atoms with Crippen LogP contribution in [-0.4, -0.2) is 45.4 Å². The Labute approximate surface area is 245 Å². The lowest BCUT2D eigenvalue weighted by Crippen LogP contribution is -2.30. The van der Waals surface area contributed by atoms with Crippen LogP contribution < -0.4 is 14.4 Å². The molecule has 6 rings (SSSR count). The van der Waals surface area contributed by atoms with Crippen LogP contribution in [0.4, 0.5) is 16.2 Å². The Morgan fingerprint density at radius 3 is 2.51 bits per heavy atom. The Morgan fingerprint density at radius 1 is 1.05 bits per heavy atom. The number of piperidine rings is 1. The quantitative estimate of drug-likeness (QED) is 0.178. The standard InChI is InChI=1S/C29H27ClN4O6S/c1-17-10-19(18(2)33(17)21-6-7-23(24(13-21)34(37)38)31-8-4-3-5-9-31)12-27-28(35)32(29(36)41-27)15-20-11-25-26(14-22(20)30)40-16-39-25/h6-7,10-14H,3-5,8-9,15-16H2,1-2H3/b27-12-. The molecule has 10 nitrogen and oxygen atoms in total. The van der Waals surface area contributed by atoms with E-state index in [4.69, 9.17) is 21.1 Å². The molecule has 3 aliphatic heterocycles. The van der Waals surface area contributed by atoms with Gasteiger partial charge in [0.15, 0.2) is 11.5 Å². The number of carbonyl (C=O) groups excluding carboxylic acids is 2. The van der Waals surface area contributed by atoms with Crippen molar-refractivity contribution in [3.05, 3.63) is 79.0 Å². The molecule has 212 valence electrons. The molecule has 41 heavy (non-hydrogen) atoms. The number of hydrogen-bond acceptors (Lipinski definition) is 8. The maximum absolute atomic E-state index is 13.3. The fourth-order valence-electron chi connectivity index (χ4n) is 5.56. The second kappa shape index (κ2) is 10.8. The van der Waals surface area contributed by atoms with Crippen molar-refractivity contribution in [3.63, 3.8) is 0 Å². The lowest BCUT2D eigenvalue weighted by atomic mass is 10.1. The van der Waals surface area contributed by atoms with Crippen LogP contribution in [0, 0.1) is 24.0 Å². The molecule has 0 aliphatic carbocycles. The van der Waals surface area contributed by atoms with Gasteiger partial charge in [-0.25, -0.2) is 0 Å². The summed E-state index contributed by atoms with van der Waals surface area (Å²) >= 11 is 7.24. The van der Waals surface area contributed by atoms with Crippen LogP contribution in [-0.2, 0) is 11.3 Å². The molecule has 1 aromatic heterocycles. The van der Waals surface area contributed by atoms with Crippen LogP contribution in [0.25, 0.3) is 11.8 Å². The molecular formula is C29H27ClN4O6S. The summed E-state index contributed by atoms with van der Waals surface area (Å²) in [5, 5.41) is 12.0. The molecule has 0 saturated carbocycles. The molecule has 2 fully saturated rings. The van der Waals surface area contributed by atoms with Gasteiger partial charge in [0.25, 0.3) is 16.8 Å². The fourth-order valence-corrected chi connectivity index (χ4v) is 6.60. The summed E-state index contributed by atoms with van der Waals surface area (Å²) in [6.07, 6.45) is 4.88. The number of thioether (sulfide) groups is 1. The van der Waals surface area contributed by atoms with Crippen molar-refractivity contribution in [1.82, 2.24) is 9.47 Å². The second-order valence-corrected chi connectivity index (χ2v) is 11.6. The zero-order valence-electron chi connectivity index (χ0n) is 22.5. The van der Waals surface area contributed by atoms with Gasteiger partial charge in [0.2, 0.25) is 6.79 Å². The number of rotatable bonds is 6. The van der Waals surface area contributed by atoms with E-state index in [1.54, 1.807) is 24.3 Å². The summed E-state index contributed by atoms with van der Waals surface area (Å²) < 4.78 is 12.7. The third kappa shape index (κ3) is 5.04. The Kier molecular flexibility index (Phi) is 7.16. The number of fused-ring (bicyclic) bond motifs is 1. The first-order valence-electron chi connectivity index (χ1n) is 13.3. The Bertz CT molecular complexity index is 1630. The predicted molar refractivity (Wildman–Crippen MR) is 157 cm³/mol. The number of anilines is 1. The van der Waals surface area contributed by atoms with Crippen molar-refractivity contribution >= 4 is 52.0 Å². The number of imide groups is 1. The molecule has 0 bridgehead atoms. The molecule has 0 unspecified atom stereocenters. The van der Waals surface area contributed by atoms with Gasteiger partial charge in [-0.3, -0.25) is 24.6 Å². The van der Waals surface area contributed by atoms with Crippen LogP contribution in [0.2, 0.25) is 5.02 Å². The van der Waals surface area contributed by atoms with Crippen molar-refractivity contribution in [2.24, 2.45) is 0 Å². The lowest BCUT2D eigenvalue weighted by molar-refractivity contribution is -0.384. The van der Waals surface area contributed by atoms with Crippen molar-refractivity contribution in [1.29, 1.82) is 0 Å². The zero-order valence-corrected chi connectivity index (χ0v) is 24.1. The lowest BCUT2D eigenvalue weighted by Gasteiger charge is -2.28. The molecule has 0 spiro atoms. The van der Waals surface area contributed by atoms with Crippen molar-refractivity contribution < 1.29 is 24.0 Å². The average molecular weight is 595 g/mol. The van der Waals surface area contributed by atoms with Gasteiger partial charge in [-0.05, 0) is 86.3 Å². The van der Waals surface area contributed by atoms with Gasteiger partial charge < -0.3 is 18.9 Å². The number of halogens is 1. The summed E-state index contributed by atoms with van der Waals surface area (Å²) in [4.78, 5) is 41.3. The summed E-state index contributed by atoms with van der Waals surface area (Å²) in [6, 6.07) is 10.5. The number of benzene rings is 2. The maximum atomic E-state index is 13.3. The number of nitrogens with zero attached hydrogens (tertiary/aromatic N) is 4. The highest BCUT2D eigenvalue weighted by Gasteiger charge is 2.36. The highest BCUT2D eigenvalue weighted by molar-refractivity contribution is 8.18. The van der Waals surface area contributed by atoms with E-state index in [0.29, 0.717) is 38.4 Å². The number of aryl methyl sites for hydroxylation is 1. The molecule has 0 radical (unpaired) electrons. The van der Waals surface area contributed by atoms with Gasteiger partial charge >= 0.3 is 0 Å². The first kappa shape index (κ1) is 27.2. The highest BCUT2D eigenvalue weighted by Crippen LogP contribution is 2.40. The van der Waals surface area contributed by atoms with E-state index in [1.807, 2.05) is 36.6 Å². The molecule has 3 aliphatic rings. The topological polar surface area (TPSA) is 107 Å². The molecule has 2 aromatic carbocycles. The van der Waals surface area contributed by atoms with E-state index < -0.39 is 11.1 Å². The number of amides is 2. The summed E-state index contributed by atoms with van der Waals surface area (Å²) in [5.41, 5.74) is 4.34. The smallest absolute Gasteiger partial charge is 0.294 e. The van der Waals surface area contributed by atoms with E-state index >= 15 is 0 Å². The van der Waals surface area contributed by atoms with E-state index in [1.165, 1.54) is 0 Å². The summed E-state index contributed by atoms with van der Waals surface area (Å²) in [7, 11) is 0. The minimum atomic E-state index is -0.417. The number of carbonyl (C=O) groups is 2. The first-order chi connectivity index (χ1) is 19.7. The van der Waals surface area contributed by atoms with Crippen LogP contribution in [0.3, 0.4) is 0 Å². The summed E-state index contributed by atoms with van der Waals surface area (Å²) in [5.74, 6) is 0.623. The van der Waals surface area contributed by atoms with Crippen molar-refractivity contribution in [2.45, 2.75) is 39.7 Å². The Hall–Kier alpha value is -3.96. The number of aromatic nitrogens is 1. The molecule has 0 atom stereocenters. The SMILES string of the molecule is Cc1cc(/C=C2\SC(=O)N(Cc3cc4c(cc3Cl)OCO4)C2=O)c(C)n1-c1ccc(N2CCCCC2)c([N+](=O)[O-])c1. The summed E-state index contributed by atoms with van der Waals surface area (Å²) in [6.45, 7) is 5.50. The molecule has 2 saturated heterocycles. The zero-order chi connectivity index (χ0) is 28.8. The third-order valence-electron chi connectivity index (χ3n) is 7.61. The largest absolute Gasteiger partial charge is 0.454 e. The predicted octanol–water partition coefficient (Wildman–Crippen LogP) is 6.61. The maximum Gasteiger partial charge on any atom is 0.294 e. The normalized spacial score (nSPS) is 17.7. The second-order valence-electron chi connectivity index (χ2n) is 10.2. The van der Waals surface area contributed by atoms with Crippen molar-refractivity contribution in [3.8, 4) is 17.2 Å². The van der Waals surface area contributed by atoms with E-state index in [0.717, 1.165) is 66.0 Å². The van der Waals surface area contributed by atoms with Crippen LogP contribution in [0.5, 0.6) is 11.5 Å². The van der Waals surface area contributed by atoms with E-state index in [-0.39, 0.29) is 23.9 Å². The van der Waals surface area contributed by atoms with Gasteiger partial charge in [0.1, 0.15) is 5.69 Å². The molecule has 4 heterocycles. The van der Waals surface area contributed by atoms with Gasteiger partial charge in [0, 0.05) is 41.6 Å². The molecule has 0 N–H and O–H groups in total. The molecule has 3 aromatic rings. The van der Waals surface area contributed by atoms with Gasteiger partial charge in [-0.15, -0.1) is 0 Å². The van der Waals surface area contributed by atoms with Crippen molar-refractivity contribution in [2.75, 3.05) is 24.8 Å². The average Bonchev–Trinajstić information content (AvgIpc) is 3.60. The number of hydrogen-bond donors (Lipinski definition) is 0. The number of nitro benzene ring substituents is 1. The number of nitro groups is 1.